The SMILES string of the molecule is COC(=O)N[C@H](C(=O)N1C[C@@H](C)C[C@H]1c1ncc(-c2ccc(-c3cc(Cl)c(NC(=O)c4ccc(N5C[C@H](C)N(C(=O)[C@H]6CC6(C)C)C[C@H]5C)nc4)cc3OC(F)(F)F)cc2)[nH]1)C(C)C. The Labute approximate surface area is 375 Å². The Morgan fingerprint density at radius 1 is 0.922 bits per heavy atom. The summed E-state index contributed by atoms with van der Waals surface area (Å²) in [4.78, 5) is 70.5. The maximum atomic E-state index is 13.8. The minimum Gasteiger partial charge on any atom is -0.453 e. The second-order valence-electron chi connectivity index (χ2n) is 18.3. The number of alkyl carbamates (subject to hydrolysis) is 1. The molecule has 0 bridgehead atoms. The van der Waals surface area contributed by atoms with Crippen LogP contribution in [0.1, 0.15) is 83.5 Å². The smallest absolute Gasteiger partial charge is 0.453 e. The minimum atomic E-state index is -5.06. The highest BCUT2D eigenvalue weighted by atomic mass is 35.5. The highest BCUT2D eigenvalue weighted by molar-refractivity contribution is 6.34. The fraction of sp³-hybridized carbons (Fsp3) is 0.478. The van der Waals surface area contributed by atoms with E-state index < -0.39 is 30.2 Å². The van der Waals surface area contributed by atoms with Crippen molar-refractivity contribution in [2.24, 2.45) is 23.2 Å². The number of imidazole rings is 1. The molecule has 2 aliphatic heterocycles. The molecule has 6 atom stereocenters. The lowest BCUT2D eigenvalue weighted by molar-refractivity contribution is -0.274. The number of likely N-dealkylation sites (tertiary alicyclic amines) is 1. The van der Waals surface area contributed by atoms with Crippen molar-refractivity contribution >= 4 is 46.9 Å². The number of nitrogens with one attached hydrogen (secondary N) is 3. The molecule has 1 aliphatic carbocycles. The predicted molar refractivity (Wildman–Crippen MR) is 236 cm³/mol. The molecule has 2 aromatic heterocycles. The van der Waals surface area contributed by atoms with E-state index in [-0.39, 0.29) is 74.9 Å². The third kappa shape index (κ3) is 9.93. The van der Waals surface area contributed by atoms with Crippen LogP contribution in [0.5, 0.6) is 5.75 Å². The number of nitrogens with zero attached hydrogens (tertiary/aromatic N) is 5. The van der Waals surface area contributed by atoms with Gasteiger partial charge < -0.3 is 39.8 Å². The number of methoxy groups -OCH3 is 1. The highest BCUT2D eigenvalue weighted by Gasteiger charge is 2.53. The molecule has 14 nitrogen and oxygen atoms in total. The summed E-state index contributed by atoms with van der Waals surface area (Å²) in [5.74, 6) is -0.0867. The van der Waals surface area contributed by atoms with Gasteiger partial charge in [-0.1, -0.05) is 70.5 Å². The molecule has 3 fully saturated rings. The van der Waals surface area contributed by atoms with Crippen molar-refractivity contribution in [3.8, 4) is 28.1 Å². The first kappa shape index (κ1) is 46.2. The first-order valence-corrected chi connectivity index (χ1v) is 21.8. The fourth-order valence-electron chi connectivity index (χ4n) is 8.72. The number of aromatic amines is 1. The lowest BCUT2D eigenvalue weighted by atomic mass is 10.0. The van der Waals surface area contributed by atoms with E-state index in [1.807, 2.05) is 39.5 Å². The Hall–Kier alpha value is -5.84. The van der Waals surface area contributed by atoms with Gasteiger partial charge in [0.25, 0.3) is 5.91 Å². The van der Waals surface area contributed by atoms with Crippen LogP contribution >= 0.6 is 11.6 Å². The van der Waals surface area contributed by atoms with Crippen molar-refractivity contribution in [2.75, 3.05) is 37.0 Å². The van der Waals surface area contributed by atoms with E-state index in [2.05, 4.69) is 49.1 Å². The molecule has 4 aromatic rings. The largest absolute Gasteiger partial charge is 0.573 e. The summed E-state index contributed by atoms with van der Waals surface area (Å²) in [6, 6.07) is 11.0. The summed E-state index contributed by atoms with van der Waals surface area (Å²) < 4.78 is 50.6. The number of rotatable bonds is 11. The van der Waals surface area contributed by atoms with Crippen LogP contribution in [0.15, 0.2) is 60.9 Å². The molecule has 1 saturated carbocycles. The number of halogens is 4. The van der Waals surface area contributed by atoms with E-state index in [0.717, 1.165) is 12.5 Å². The average molecular weight is 907 g/mol. The van der Waals surface area contributed by atoms with Crippen molar-refractivity contribution in [3.63, 3.8) is 0 Å². The standard InChI is InChI=1S/C46H54ClF3N8O6/c1-24(2)39(55-44(62)63-8)43(61)58-21-25(3)15-36(58)40-52-20-35(53-40)29-11-9-28(10-12-29)31-16-33(47)34(17-37(31)64-46(48,49)50)54-41(59)30-13-14-38(51-19-30)56-22-27(5)57(23-26(56)4)42(60)32-18-45(32,6)7/h9-14,16-17,19-20,24-27,32,36,39H,15,18,21-23H2,1-8H3,(H,52,53)(H,54,59)(H,55,62)/t25-,26+,27-,32+,36-,39-/m0/s1. The lowest BCUT2D eigenvalue weighted by Gasteiger charge is -2.45. The van der Waals surface area contributed by atoms with Crippen molar-refractivity contribution in [1.29, 1.82) is 0 Å². The van der Waals surface area contributed by atoms with Gasteiger partial charge in [-0.05, 0) is 73.3 Å². The Morgan fingerprint density at radius 3 is 2.22 bits per heavy atom. The van der Waals surface area contributed by atoms with E-state index in [1.54, 1.807) is 47.5 Å². The zero-order valence-corrected chi connectivity index (χ0v) is 37.8. The molecule has 2 saturated heterocycles. The van der Waals surface area contributed by atoms with Crippen molar-refractivity contribution in [1.82, 2.24) is 30.1 Å². The van der Waals surface area contributed by atoms with Gasteiger partial charge >= 0.3 is 12.5 Å². The number of aromatic nitrogens is 3. The Kier molecular flexibility index (Phi) is 13.0. The number of alkyl halides is 3. The summed E-state index contributed by atoms with van der Waals surface area (Å²) in [6.07, 6.45) is -1.21. The number of carbonyl (C=O) groups excluding carboxylic acids is 4. The van der Waals surface area contributed by atoms with Crippen molar-refractivity contribution < 1.29 is 41.8 Å². The third-order valence-corrected chi connectivity index (χ3v) is 12.8. The van der Waals surface area contributed by atoms with E-state index >= 15 is 0 Å². The topological polar surface area (TPSA) is 162 Å². The van der Waals surface area contributed by atoms with Gasteiger partial charge in [0.15, 0.2) is 0 Å². The van der Waals surface area contributed by atoms with Gasteiger partial charge in [-0.2, -0.15) is 0 Å². The van der Waals surface area contributed by atoms with E-state index in [4.69, 9.17) is 16.3 Å². The molecule has 0 radical (unpaired) electrons. The number of ether oxygens (including phenoxy) is 2. The lowest BCUT2D eigenvalue weighted by Crippen LogP contribution is -2.59. The zero-order chi connectivity index (χ0) is 46.4. The van der Waals surface area contributed by atoms with Crippen molar-refractivity contribution in [3.05, 3.63) is 77.3 Å². The van der Waals surface area contributed by atoms with Crippen LogP contribution in [0, 0.1) is 23.2 Å². The Bertz CT molecular complexity index is 2390. The molecule has 2 aromatic carbocycles. The number of amides is 4. The van der Waals surface area contributed by atoms with Gasteiger partial charge in [0.05, 0.1) is 41.3 Å². The highest BCUT2D eigenvalue weighted by Crippen LogP contribution is 2.53. The second-order valence-corrected chi connectivity index (χ2v) is 18.7. The van der Waals surface area contributed by atoms with Gasteiger partial charge in [-0.25, -0.2) is 14.8 Å². The summed E-state index contributed by atoms with van der Waals surface area (Å²) in [7, 11) is 1.24. The van der Waals surface area contributed by atoms with E-state index in [9.17, 15) is 32.3 Å². The summed E-state index contributed by atoms with van der Waals surface area (Å²) in [5, 5.41) is 5.22. The predicted octanol–water partition coefficient (Wildman–Crippen LogP) is 8.70. The third-order valence-electron chi connectivity index (χ3n) is 12.5. The van der Waals surface area contributed by atoms with Crippen molar-refractivity contribution in [2.45, 2.75) is 91.8 Å². The van der Waals surface area contributed by atoms with Crippen LogP contribution in [-0.2, 0) is 14.3 Å². The maximum absolute atomic E-state index is 13.8. The number of H-pyrrole nitrogens is 1. The number of benzene rings is 2. The first-order chi connectivity index (χ1) is 30.1. The molecule has 0 spiro atoms. The number of anilines is 2. The summed E-state index contributed by atoms with van der Waals surface area (Å²) in [6.45, 7) is 15.6. The number of hydrogen-bond acceptors (Lipinski definition) is 9. The molecule has 4 heterocycles. The van der Waals surface area contributed by atoms with E-state index in [1.165, 1.54) is 19.4 Å². The van der Waals surface area contributed by atoms with Gasteiger partial charge in [-0.15, -0.1) is 13.2 Å². The molecule has 342 valence electrons. The molecule has 3 N–H and O–H groups in total. The zero-order valence-electron chi connectivity index (χ0n) is 37.0. The van der Waals surface area contributed by atoms with Gasteiger partial charge in [0.2, 0.25) is 11.8 Å². The van der Waals surface area contributed by atoms with E-state index in [0.29, 0.717) is 54.5 Å². The molecular weight excluding hydrogens is 853 g/mol. The van der Waals surface area contributed by atoms with Gasteiger partial charge in [0, 0.05) is 55.5 Å². The molecule has 3 aliphatic rings. The van der Waals surface area contributed by atoms with Crippen LogP contribution in [0.4, 0.5) is 29.5 Å². The molecule has 18 heteroatoms. The van der Waals surface area contributed by atoms with Crippen LogP contribution in [-0.4, -0.2) is 99.8 Å². The van der Waals surface area contributed by atoms with Crippen LogP contribution in [0.3, 0.4) is 0 Å². The molecule has 0 unspecified atom stereocenters. The summed E-state index contributed by atoms with van der Waals surface area (Å²) >= 11 is 6.62. The molecule has 4 amide bonds. The number of pyridine rings is 1. The summed E-state index contributed by atoms with van der Waals surface area (Å²) in [5.41, 5.74) is 1.76. The maximum Gasteiger partial charge on any atom is 0.573 e. The average Bonchev–Trinajstić information content (AvgIpc) is 3.52. The number of carbonyl (C=O) groups is 4. The fourth-order valence-corrected chi connectivity index (χ4v) is 8.93. The number of piperazine rings is 1. The molecule has 7 rings (SSSR count). The van der Waals surface area contributed by atoms with Crippen LogP contribution in [0.2, 0.25) is 5.02 Å². The molecule has 64 heavy (non-hydrogen) atoms. The Morgan fingerprint density at radius 2 is 1.61 bits per heavy atom. The second kappa shape index (κ2) is 18.0. The Balaban J connectivity index is 1.05. The normalized spacial score (nSPS) is 22.3. The first-order valence-electron chi connectivity index (χ1n) is 21.4. The molecular formula is C46H54ClF3N8O6. The quantitative estimate of drug-likeness (QED) is 0.134. The van der Waals surface area contributed by atoms with Gasteiger partial charge in [0.1, 0.15) is 23.4 Å². The monoisotopic (exact) mass is 906 g/mol. The van der Waals surface area contributed by atoms with Crippen LogP contribution < -0.4 is 20.3 Å². The number of hydrogen-bond donors (Lipinski definition) is 3. The van der Waals surface area contributed by atoms with Gasteiger partial charge in [-0.3, -0.25) is 14.4 Å². The van der Waals surface area contributed by atoms with Crippen LogP contribution in [0.25, 0.3) is 22.4 Å². The minimum absolute atomic E-state index is 0.0217.